The molecule has 0 amide bonds. The molecule has 58 valence electrons. The second-order valence-electron chi connectivity index (χ2n) is 4.16. The monoisotopic (exact) mass is 141 g/mol. The zero-order valence-electron chi connectivity index (χ0n) is 6.52. The van der Waals surface area contributed by atoms with Crippen molar-refractivity contribution in [2.45, 2.75) is 38.3 Å². The maximum Gasteiger partial charge on any atom is 0.116 e. The van der Waals surface area contributed by atoms with Crippen molar-refractivity contribution < 1.29 is 4.74 Å². The Kier molecular flexibility index (Phi) is 1.15. The van der Waals surface area contributed by atoms with Gasteiger partial charge in [-0.1, -0.05) is 6.92 Å². The zero-order valence-corrected chi connectivity index (χ0v) is 6.52. The third kappa shape index (κ3) is 0.867. The van der Waals surface area contributed by atoms with E-state index in [1.165, 1.54) is 12.8 Å². The second-order valence-corrected chi connectivity index (χ2v) is 4.16. The topological polar surface area (TPSA) is 35.2 Å². The highest BCUT2D eigenvalue weighted by atomic mass is 16.5. The Balaban J connectivity index is 2.16. The van der Waals surface area contributed by atoms with Gasteiger partial charge in [0, 0.05) is 0 Å². The lowest BCUT2D eigenvalue weighted by atomic mass is 9.70. The van der Waals surface area contributed by atoms with E-state index >= 15 is 0 Å². The summed E-state index contributed by atoms with van der Waals surface area (Å²) in [5, 5.41) is 0. The molecule has 2 N–H and O–H groups in total. The van der Waals surface area contributed by atoms with Gasteiger partial charge in [-0.2, -0.15) is 0 Å². The van der Waals surface area contributed by atoms with Gasteiger partial charge >= 0.3 is 0 Å². The van der Waals surface area contributed by atoms with Crippen LogP contribution >= 0.6 is 0 Å². The summed E-state index contributed by atoms with van der Waals surface area (Å²) >= 11 is 0. The Morgan fingerprint density at radius 2 is 1.80 bits per heavy atom. The van der Waals surface area contributed by atoms with Crippen molar-refractivity contribution in [1.82, 2.24) is 0 Å². The minimum Gasteiger partial charge on any atom is -0.360 e. The van der Waals surface area contributed by atoms with Crippen molar-refractivity contribution in [2.75, 3.05) is 6.61 Å². The van der Waals surface area contributed by atoms with Crippen molar-refractivity contribution in [3.05, 3.63) is 0 Å². The maximum absolute atomic E-state index is 5.93. The predicted molar refractivity (Wildman–Crippen MR) is 39.4 cm³/mol. The van der Waals surface area contributed by atoms with E-state index < -0.39 is 0 Å². The van der Waals surface area contributed by atoms with Gasteiger partial charge in [-0.25, -0.2) is 0 Å². The number of ether oxygens (including phenoxy) is 1. The van der Waals surface area contributed by atoms with Crippen LogP contribution in [0.15, 0.2) is 0 Å². The first kappa shape index (κ1) is 6.62. The van der Waals surface area contributed by atoms with Gasteiger partial charge in [-0.3, -0.25) is 0 Å². The first-order valence-electron chi connectivity index (χ1n) is 4.05. The summed E-state index contributed by atoms with van der Waals surface area (Å²) in [6, 6.07) is 0. The van der Waals surface area contributed by atoms with Gasteiger partial charge in [-0.15, -0.1) is 0 Å². The Hall–Kier alpha value is -0.0800. The molecule has 2 saturated heterocycles. The number of hydrogen-bond acceptors (Lipinski definition) is 2. The Morgan fingerprint density at radius 1 is 1.20 bits per heavy atom. The van der Waals surface area contributed by atoms with Gasteiger partial charge in [-0.05, 0) is 31.1 Å². The second kappa shape index (κ2) is 1.74. The standard InChI is InChI=1S/C8H15NO/c1-7-2-4-8(9,5-3-7)10-6-7/h2-6,9H2,1H3. The van der Waals surface area contributed by atoms with E-state index in [0.717, 1.165) is 19.4 Å². The van der Waals surface area contributed by atoms with Gasteiger partial charge in [0.25, 0.3) is 0 Å². The zero-order chi connectivity index (χ0) is 7.24. The molecule has 2 heteroatoms. The fraction of sp³-hybridized carbons (Fsp3) is 1.00. The largest absolute Gasteiger partial charge is 0.360 e. The van der Waals surface area contributed by atoms with E-state index in [-0.39, 0.29) is 5.72 Å². The average molecular weight is 141 g/mol. The lowest BCUT2D eigenvalue weighted by Crippen LogP contribution is -2.55. The molecule has 0 radical (unpaired) electrons. The minimum atomic E-state index is -0.238. The molecular formula is C8H15NO. The fourth-order valence-corrected chi connectivity index (χ4v) is 1.88. The molecule has 2 nitrogen and oxygen atoms in total. The van der Waals surface area contributed by atoms with E-state index in [9.17, 15) is 0 Å². The molecule has 0 aromatic carbocycles. The fourth-order valence-electron chi connectivity index (χ4n) is 1.88. The van der Waals surface area contributed by atoms with E-state index in [4.69, 9.17) is 10.5 Å². The molecule has 2 bridgehead atoms. The SMILES string of the molecule is CC12CCC(N)(CC1)OC2. The van der Waals surface area contributed by atoms with Crippen molar-refractivity contribution >= 4 is 0 Å². The van der Waals surface area contributed by atoms with Gasteiger partial charge in [0.15, 0.2) is 0 Å². The first-order valence-corrected chi connectivity index (χ1v) is 4.05. The summed E-state index contributed by atoms with van der Waals surface area (Å²) in [5.41, 5.74) is 6.15. The van der Waals surface area contributed by atoms with Crippen LogP contribution in [0.25, 0.3) is 0 Å². The molecule has 0 atom stereocenters. The van der Waals surface area contributed by atoms with Gasteiger partial charge in [0.1, 0.15) is 5.72 Å². The van der Waals surface area contributed by atoms with Crippen LogP contribution in [-0.4, -0.2) is 12.3 Å². The van der Waals surface area contributed by atoms with Crippen LogP contribution in [0, 0.1) is 5.41 Å². The number of hydrogen-bond donors (Lipinski definition) is 1. The van der Waals surface area contributed by atoms with Gasteiger partial charge < -0.3 is 10.5 Å². The van der Waals surface area contributed by atoms with Crippen LogP contribution < -0.4 is 5.73 Å². The summed E-state index contributed by atoms with van der Waals surface area (Å²) in [6.07, 6.45) is 4.62. The highest BCUT2D eigenvalue weighted by Crippen LogP contribution is 2.45. The van der Waals surface area contributed by atoms with Crippen LogP contribution in [0.1, 0.15) is 32.6 Å². The van der Waals surface area contributed by atoms with Crippen LogP contribution in [-0.2, 0) is 4.74 Å². The molecule has 0 unspecified atom stereocenters. The first-order chi connectivity index (χ1) is 4.62. The highest BCUT2D eigenvalue weighted by molar-refractivity contribution is 4.93. The van der Waals surface area contributed by atoms with E-state index in [1.807, 2.05) is 0 Å². The Labute approximate surface area is 61.7 Å². The van der Waals surface area contributed by atoms with Crippen molar-refractivity contribution in [3.63, 3.8) is 0 Å². The number of rotatable bonds is 0. The smallest absolute Gasteiger partial charge is 0.116 e. The van der Waals surface area contributed by atoms with E-state index in [2.05, 4.69) is 6.92 Å². The molecule has 1 saturated carbocycles. The third-order valence-electron chi connectivity index (χ3n) is 3.01. The predicted octanol–water partition coefficient (Wildman–Crippen LogP) is 1.25. The third-order valence-corrected chi connectivity index (χ3v) is 3.01. The molecule has 0 aromatic heterocycles. The molecule has 2 heterocycles. The molecule has 0 aromatic rings. The molecule has 2 aliphatic heterocycles. The quantitative estimate of drug-likeness (QED) is 0.551. The maximum atomic E-state index is 5.93. The summed E-state index contributed by atoms with van der Waals surface area (Å²) in [7, 11) is 0. The van der Waals surface area contributed by atoms with Crippen molar-refractivity contribution in [1.29, 1.82) is 0 Å². The Bertz CT molecular complexity index is 113. The molecule has 3 rings (SSSR count). The number of fused-ring (bicyclic) bond motifs is 3. The minimum absolute atomic E-state index is 0.238. The lowest BCUT2D eigenvalue weighted by Gasteiger charge is -2.49. The van der Waals surface area contributed by atoms with E-state index in [0.29, 0.717) is 5.41 Å². The van der Waals surface area contributed by atoms with Crippen LogP contribution in [0.4, 0.5) is 0 Å². The molecule has 3 fully saturated rings. The molecule has 0 spiro atoms. The normalized spacial score (nSPS) is 53.4. The lowest BCUT2D eigenvalue weighted by molar-refractivity contribution is -0.174. The summed E-state index contributed by atoms with van der Waals surface area (Å²) in [6.45, 7) is 3.18. The van der Waals surface area contributed by atoms with Crippen LogP contribution in [0.2, 0.25) is 0 Å². The number of nitrogens with two attached hydrogens (primary N) is 1. The molecule has 1 aliphatic carbocycles. The average Bonchev–Trinajstić information content (AvgIpc) is 1.93. The van der Waals surface area contributed by atoms with Crippen molar-refractivity contribution in [2.24, 2.45) is 11.1 Å². The highest BCUT2D eigenvalue weighted by Gasteiger charge is 2.44. The summed E-state index contributed by atoms with van der Waals surface area (Å²) < 4.78 is 5.55. The van der Waals surface area contributed by atoms with Crippen molar-refractivity contribution in [3.8, 4) is 0 Å². The summed E-state index contributed by atoms with van der Waals surface area (Å²) in [5.74, 6) is 0. The van der Waals surface area contributed by atoms with Crippen LogP contribution in [0.5, 0.6) is 0 Å². The molecule has 10 heavy (non-hydrogen) atoms. The van der Waals surface area contributed by atoms with Crippen LogP contribution in [0.3, 0.4) is 0 Å². The van der Waals surface area contributed by atoms with E-state index in [1.54, 1.807) is 0 Å². The van der Waals surface area contributed by atoms with Gasteiger partial charge in [0.2, 0.25) is 0 Å². The molecule has 3 aliphatic rings. The van der Waals surface area contributed by atoms with Gasteiger partial charge in [0.05, 0.1) is 6.61 Å². The Morgan fingerprint density at radius 3 is 2.10 bits per heavy atom. The molecular weight excluding hydrogens is 126 g/mol. The summed E-state index contributed by atoms with van der Waals surface area (Å²) in [4.78, 5) is 0.